The van der Waals surface area contributed by atoms with Gasteiger partial charge in [-0.05, 0) is 38.1 Å². The van der Waals surface area contributed by atoms with Gasteiger partial charge in [0.15, 0.2) is 0 Å². The minimum Gasteiger partial charge on any atom is -0.487 e. The van der Waals surface area contributed by atoms with Crippen LogP contribution in [-0.2, 0) is 6.54 Å². The van der Waals surface area contributed by atoms with E-state index in [-0.39, 0.29) is 0 Å². The first-order valence-electron chi connectivity index (χ1n) is 5.96. The van der Waals surface area contributed by atoms with Gasteiger partial charge in [0, 0.05) is 22.6 Å². The lowest BCUT2D eigenvalue weighted by atomic mass is 10.2. The highest BCUT2D eigenvalue weighted by atomic mass is 79.9. The molecule has 1 aliphatic carbocycles. The lowest BCUT2D eigenvalue weighted by Crippen LogP contribution is -2.20. The van der Waals surface area contributed by atoms with Crippen molar-refractivity contribution in [3.63, 3.8) is 0 Å². The quantitative estimate of drug-likeness (QED) is 0.793. The normalized spacial score (nSPS) is 15.4. The molecule has 0 atom stereocenters. The van der Waals surface area contributed by atoms with Gasteiger partial charge in [-0.2, -0.15) is 0 Å². The number of rotatable bonds is 6. The smallest absolute Gasteiger partial charge is 0.272 e. The number of benzene rings is 1. The number of nitrogens with zero attached hydrogens (tertiary/aromatic N) is 1. The minimum absolute atomic E-state index is 0.547. The maximum absolute atomic E-state index is 12.2. The van der Waals surface area contributed by atoms with Crippen LogP contribution in [0.2, 0.25) is 0 Å². The summed E-state index contributed by atoms with van der Waals surface area (Å²) in [5, 5.41) is 0. The molecule has 2 nitrogen and oxygen atoms in total. The zero-order valence-corrected chi connectivity index (χ0v) is 11.8. The Bertz CT molecular complexity index is 410. The molecule has 1 saturated carbocycles. The lowest BCUT2D eigenvalue weighted by Gasteiger charge is -2.18. The van der Waals surface area contributed by atoms with Crippen molar-refractivity contribution in [2.75, 3.05) is 13.7 Å². The number of hydrogen-bond acceptors (Lipinski definition) is 2. The number of halogens is 3. The van der Waals surface area contributed by atoms with Crippen LogP contribution in [0.3, 0.4) is 0 Å². The standard InChI is InChI=1S/C13H16BrF2NO/c1-17(11-3-4-11)7-9-6-10(14)2-5-12(9)18-8-13(15)16/h2,5-6,11,13H,3-4,7-8H2,1H3. The van der Waals surface area contributed by atoms with Gasteiger partial charge in [-0.3, -0.25) is 4.90 Å². The predicted octanol–water partition coefficient (Wildman–Crippen LogP) is 3.69. The molecule has 100 valence electrons. The third kappa shape index (κ3) is 3.92. The van der Waals surface area contributed by atoms with Crippen molar-refractivity contribution in [2.24, 2.45) is 0 Å². The van der Waals surface area contributed by atoms with Gasteiger partial charge in [-0.15, -0.1) is 0 Å². The number of alkyl halides is 2. The molecule has 1 aromatic carbocycles. The first-order chi connectivity index (χ1) is 8.56. The van der Waals surface area contributed by atoms with Crippen molar-refractivity contribution in [3.8, 4) is 5.75 Å². The second-order valence-corrected chi connectivity index (χ2v) is 5.52. The monoisotopic (exact) mass is 319 g/mol. The lowest BCUT2D eigenvalue weighted by molar-refractivity contribution is 0.0810. The Morgan fingerprint density at radius 2 is 2.17 bits per heavy atom. The molecule has 0 aromatic heterocycles. The molecule has 1 aliphatic rings. The summed E-state index contributed by atoms with van der Waals surface area (Å²) in [7, 11) is 2.05. The van der Waals surface area contributed by atoms with E-state index in [9.17, 15) is 8.78 Å². The summed E-state index contributed by atoms with van der Waals surface area (Å²) in [6.45, 7) is 0.171. The van der Waals surface area contributed by atoms with E-state index in [0.717, 1.165) is 16.6 Å². The van der Waals surface area contributed by atoms with Crippen LogP contribution in [-0.4, -0.2) is 31.0 Å². The molecule has 0 amide bonds. The number of ether oxygens (including phenoxy) is 1. The van der Waals surface area contributed by atoms with Crippen molar-refractivity contribution in [1.82, 2.24) is 4.90 Å². The fourth-order valence-corrected chi connectivity index (χ4v) is 2.29. The summed E-state index contributed by atoms with van der Waals surface area (Å²) in [6, 6.07) is 6.11. The third-order valence-corrected chi connectivity index (χ3v) is 3.47. The molecule has 0 aliphatic heterocycles. The van der Waals surface area contributed by atoms with Gasteiger partial charge in [0.05, 0.1) is 0 Å². The summed E-state index contributed by atoms with van der Waals surface area (Å²) >= 11 is 3.40. The van der Waals surface area contributed by atoms with Crippen molar-refractivity contribution in [1.29, 1.82) is 0 Å². The van der Waals surface area contributed by atoms with Crippen LogP contribution in [0.5, 0.6) is 5.75 Å². The highest BCUT2D eigenvalue weighted by molar-refractivity contribution is 9.10. The van der Waals surface area contributed by atoms with Gasteiger partial charge in [0.25, 0.3) is 6.43 Å². The van der Waals surface area contributed by atoms with Crippen LogP contribution >= 0.6 is 15.9 Å². The van der Waals surface area contributed by atoms with E-state index < -0.39 is 13.0 Å². The highest BCUT2D eigenvalue weighted by Gasteiger charge is 2.26. The van der Waals surface area contributed by atoms with Crippen molar-refractivity contribution < 1.29 is 13.5 Å². The summed E-state index contributed by atoms with van der Waals surface area (Å²) in [5.74, 6) is 0.547. The summed E-state index contributed by atoms with van der Waals surface area (Å²) in [5.41, 5.74) is 0.944. The largest absolute Gasteiger partial charge is 0.487 e. The molecule has 18 heavy (non-hydrogen) atoms. The second kappa shape index (κ2) is 5.97. The van der Waals surface area contributed by atoms with Crippen LogP contribution in [0.15, 0.2) is 22.7 Å². The van der Waals surface area contributed by atoms with Gasteiger partial charge < -0.3 is 4.74 Å². The molecule has 0 unspecified atom stereocenters. The molecule has 1 aromatic rings. The molecule has 0 spiro atoms. The van der Waals surface area contributed by atoms with Crippen molar-refractivity contribution in [3.05, 3.63) is 28.2 Å². The minimum atomic E-state index is -2.44. The molecule has 0 bridgehead atoms. The topological polar surface area (TPSA) is 12.5 Å². The van der Waals surface area contributed by atoms with E-state index in [0.29, 0.717) is 11.8 Å². The molecule has 1 fully saturated rings. The Balaban J connectivity index is 2.06. The van der Waals surface area contributed by atoms with E-state index in [1.54, 1.807) is 12.1 Å². The Labute approximate surface area is 114 Å². The van der Waals surface area contributed by atoms with Gasteiger partial charge >= 0.3 is 0 Å². The van der Waals surface area contributed by atoms with Crippen molar-refractivity contribution >= 4 is 15.9 Å². The molecule has 0 N–H and O–H groups in total. The molecular formula is C13H16BrF2NO. The van der Waals surface area contributed by atoms with Gasteiger partial charge in [0.2, 0.25) is 0 Å². The fraction of sp³-hybridized carbons (Fsp3) is 0.538. The molecule has 2 rings (SSSR count). The van der Waals surface area contributed by atoms with E-state index in [1.165, 1.54) is 12.8 Å². The summed E-state index contributed by atoms with van der Waals surface area (Å²) in [6.07, 6.45) is -0.00205. The zero-order chi connectivity index (χ0) is 13.1. The van der Waals surface area contributed by atoms with E-state index in [2.05, 4.69) is 27.9 Å². The SMILES string of the molecule is CN(Cc1cc(Br)ccc1OCC(F)F)C1CC1. The van der Waals surface area contributed by atoms with Crippen molar-refractivity contribution in [2.45, 2.75) is 31.9 Å². The third-order valence-electron chi connectivity index (χ3n) is 2.98. The maximum atomic E-state index is 12.2. The van der Waals surface area contributed by atoms with Gasteiger partial charge in [-0.25, -0.2) is 8.78 Å². The molecule has 0 saturated heterocycles. The predicted molar refractivity (Wildman–Crippen MR) is 70.1 cm³/mol. The molecule has 0 heterocycles. The average Bonchev–Trinajstić information content (AvgIpc) is 3.11. The Morgan fingerprint density at radius 3 is 2.78 bits per heavy atom. The number of hydrogen-bond donors (Lipinski definition) is 0. The molecule has 0 radical (unpaired) electrons. The fourth-order valence-electron chi connectivity index (χ4n) is 1.88. The maximum Gasteiger partial charge on any atom is 0.272 e. The highest BCUT2D eigenvalue weighted by Crippen LogP contribution is 2.30. The van der Waals surface area contributed by atoms with Crippen LogP contribution < -0.4 is 4.74 Å². The van der Waals surface area contributed by atoms with E-state index in [1.807, 2.05) is 6.07 Å². The van der Waals surface area contributed by atoms with Crippen LogP contribution in [0, 0.1) is 0 Å². The first-order valence-corrected chi connectivity index (χ1v) is 6.75. The van der Waals surface area contributed by atoms with Crippen LogP contribution in [0.25, 0.3) is 0 Å². The van der Waals surface area contributed by atoms with Crippen LogP contribution in [0.1, 0.15) is 18.4 Å². The first kappa shape index (κ1) is 13.7. The molecular weight excluding hydrogens is 304 g/mol. The average molecular weight is 320 g/mol. The van der Waals surface area contributed by atoms with E-state index in [4.69, 9.17) is 4.74 Å². The summed E-state index contributed by atoms with van der Waals surface area (Å²) in [4.78, 5) is 2.23. The van der Waals surface area contributed by atoms with Gasteiger partial charge in [-0.1, -0.05) is 15.9 Å². The van der Waals surface area contributed by atoms with Gasteiger partial charge in [0.1, 0.15) is 12.4 Å². The van der Waals surface area contributed by atoms with Crippen LogP contribution in [0.4, 0.5) is 8.78 Å². The Morgan fingerprint density at radius 1 is 1.44 bits per heavy atom. The summed E-state index contributed by atoms with van der Waals surface area (Å²) < 4.78 is 30.5. The zero-order valence-electron chi connectivity index (χ0n) is 10.2. The Kier molecular flexibility index (Phi) is 4.56. The Hall–Kier alpha value is -0.680. The second-order valence-electron chi connectivity index (χ2n) is 4.60. The van der Waals surface area contributed by atoms with E-state index >= 15 is 0 Å². The molecule has 5 heteroatoms.